The number of hydrogen-bond acceptors (Lipinski definition) is 4. The van der Waals surface area contributed by atoms with Crippen molar-refractivity contribution < 1.29 is 14.2 Å². The van der Waals surface area contributed by atoms with E-state index in [1.54, 1.807) is 5.57 Å². The van der Waals surface area contributed by atoms with E-state index in [1.165, 1.54) is 122 Å². The van der Waals surface area contributed by atoms with Gasteiger partial charge in [0, 0.05) is 19.8 Å². The highest BCUT2D eigenvalue weighted by molar-refractivity contribution is 5.25. The van der Waals surface area contributed by atoms with E-state index in [0.29, 0.717) is 23.0 Å². The number of allylic oxidation sites excluding steroid dienone is 3. The van der Waals surface area contributed by atoms with Gasteiger partial charge in [-0.1, -0.05) is 117 Å². The Balaban J connectivity index is 1.05. The second-order valence-electron chi connectivity index (χ2n) is 19.7. The van der Waals surface area contributed by atoms with Gasteiger partial charge in [-0.25, -0.2) is 0 Å². The molecule has 9 unspecified atom stereocenters. The first kappa shape index (κ1) is 45.0. The summed E-state index contributed by atoms with van der Waals surface area (Å²) in [5.41, 5.74) is 2.79. The number of unbranched alkanes of at least 4 members (excludes halogenated alkanes) is 8. The van der Waals surface area contributed by atoms with Gasteiger partial charge in [0.1, 0.15) is 0 Å². The van der Waals surface area contributed by atoms with Crippen LogP contribution in [0, 0.1) is 46.3 Å². The maximum Gasteiger partial charge on any atom is 0.0644 e. The van der Waals surface area contributed by atoms with Gasteiger partial charge >= 0.3 is 0 Å². The molecule has 3 fully saturated rings. The van der Waals surface area contributed by atoms with E-state index >= 15 is 0 Å². The summed E-state index contributed by atoms with van der Waals surface area (Å²) in [6.07, 6.45) is 36.8. The Bertz CT molecular complexity index is 1050. The Kier molecular flexibility index (Phi) is 20.0. The molecule has 0 aliphatic heterocycles. The quantitative estimate of drug-likeness (QED) is 0.0620. The average Bonchev–Trinajstić information content (AvgIpc) is 3.49. The summed E-state index contributed by atoms with van der Waals surface area (Å²) < 4.78 is 18.7. The van der Waals surface area contributed by atoms with Crippen LogP contribution in [0.5, 0.6) is 0 Å². The van der Waals surface area contributed by atoms with Crippen LogP contribution in [0.1, 0.15) is 183 Å². The molecule has 0 spiro atoms. The van der Waals surface area contributed by atoms with Crippen molar-refractivity contribution in [1.82, 2.24) is 4.90 Å². The Morgan fingerprint density at radius 1 is 0.755 bits per heavy atom. The molecular formula is C49H89NO3. The molecule has 0 heterocycles. The molecule has 0 amide bonds. The van der Waals surface area contributed by atoms with E-state index in [9.17, 15) is 0 Å². The van der Waals surface area contributed by atoms with E-state index in [-0.39, 0.29) is 0 Å². The van der Waals surface area contributed by atoms with Crippen LogP contribution in [-0.2, 0) is 14.2 Å². The molecule has 0 radical (unpaired) electrons. The standard InChI is InChI=1S/C49H89NO3/c1-9-10-11-12-13-14-16-19-33-51-37-42(50(7)8)38-52-34-20-17-15-18-21-35-53-43-29-31-48(5)41(36-43)25-26-44-46-28-27-45(40(4)24-22-23-39(2)3)49(46,6)32-30-47(44)48/h13-14,25,39-40,42-47H,9-12,15-24,26-38H2,1-8H3. The highest BCUT2D eigenvalue weighted by Gasteiger charge is 2.59. The van der Waals surface area contributed by atoms with Gasteiger partial charge in [0.25, 0.3) is 0 Å². The fourth-order valence-corrected chi connectivity index (χ4v) is 11.7. The van der Waals surface area contributed by atoms with Crippen LogP contribution in [0.25, 0.3) is 0 Å². The Hall–Kier alpha value is -0.680. The zero-order valence-corrected chi connectivity index (χ0v) is 36.6. The summed E-state index contributed by atoms with van der Waals surface area (Å²) in [6.45, 7) is 19.2. The van der Waals surface area contributed by atoms with Crippen LogP contribution >= 0.6 is 0 Å². The number of likely N-dealkylation sites (N-methyl/N-ethyl adjacent to an activating group) is 1. The van der Waals surface area contributed by atoms with Crippen molar-refractivity contribution in [3.05, 3.63) is 23.8 Å². The van der Waals surface area contributed by atoms with Gasteiger partial charge in [0.05, 0.1) is 25.4 Å². The highest BCUT2D eigenvalue weighted by Crippen LogP contribution is 2.67. The molecule has 0 aromatic rings. The predicted octanol–water partition coefficient (Wildman–Crippen LogP) is 13.2. The zero-order valence-electron chi connectivity index (χ0n) is 36.6. The minimum Gasteiger partial charge on any atom is -0.380 e. The van der Waals surface area contributed by atoms with Gasteiger partial charge in [-0.15, -0.1) is 0 Å². The van der Waals surface area contributed by atoms with Crippen LogP contribution < -0.4 is 0 Å². The summed E-state index contributed by atoms with van der Waals surface area (Å²) in [7, 11) is 4.27. The number of hydrogen-bond donors (Lipinski definition) is 0. The molecule has 308 valence electrons. The number of rotatable bonds is 27. The molecule has 4 rings (SSSR count). The highest BCUT2D eigenvalue weighted by atomic mass is 16.5. The first-order valence-corrected chi connectivity index (χ1v) is 23.4. The Morgan fingerprint density at radius 3 is 2.17 bits per heavy atom. The molecule has 4 nitrogen and oxygen atoms in total. The first-order valence-electron chi connectivity index (χ1n) is 23.4. The second-order valence-corrected chi connectivity index (χ2v) is 19.7. The fourth-order valence-electron chi connectivity index (χ4n) is 11.7. The minimum atomic E-state index is 0.330. The lowest BCUT2D eigenvalue weighted by Gasteiger charge is -2.58. The topological polar surface area (TPSA) is 30.9 Å². The van der Waals surface area contributed by atoms with E-state index in [0.717, 1.165) is 87.8 Å². The molecule has 4 heteroatoms. The average molecular weight is 740 g/mol. The van der Waals surface area contributed by atoms with Crippen LogP contribution in [0.4, 0.5) is 0 Å². The fraction of sp³-hybridized carbons (Fsp3) is 0.918. The molecule has 0 aromatic carbocycles. The summed E-state index contributed by atoms with van der Waals surface area (Å²) in [5.74, 6) is 5.49. The second kappa shape index (κ2) is 23.5. The minimum absolute atomic E-state index is 0.330. The maximum atomic E-state index is 6.57. The van der Waals surface area contributed by atoms with Gasteiger partial charge in [-0.3, -0.25) is 0 Å². The van der Waals surface area contributed by atoms with Crippen LogP contribution in [0.2, 0.25) is 0 Å². The molecular weight excluding hydrogens is 651 g/mol. The smallest absolute Gasteiger partial charge is 0.0644 e. The number of fused-ring (bicyclic) bond motifs is 5. The van der Waals surface area contributed by atoms with Crippen molar-refractivity contribution in [2.24, 2.45) is 46.3 Å². The first-order chi connectivity index (χ1) is 25.6. The largest absolute Gasteiger partial charge is 0.380 e. The molecule has 0 saturated heterocycles. The van der Waals surface area contributed by atoms with Crippen LogP contribution in [0.3, 0.4) is 0 Å². The van der Waals surface area contributed by atoms with Crippen molar-refractivity contribution in [2.45, 2.75) is 195 Å². The Labute approximate surface area is 330 Å². The zero-order chi connectivity index (χ0) is 38.1. The molecule has 9 atom stereocenters. The molecule has 4 aliphatic rings. The van der Waals surface area contributed by atoms with Gasteiger partial charge in [-0.2, -0.15) is 0 Å². The summed E-state index contributed by atoms with van der Waals surface area (Å²) in [6, 6.07) is 0.330. The third-order valence-electron chi connectivity index (χ3n) is 15.2. The summed E-state index contributed by atoms with van der Waals surface area (Å²) in [4.78, 5) is 2.24. The SMILES string of the molecule is CCCCCC=CCCCOCC(COCCCCCCCOC1CCC2(C)C(=CCC3C2CCC2(C)C(C(C)CCCC(C)C)CCC32)C1)N(C)C. The maximum absolute atomic E-state index is 6.57. The monoisotopic (exact) mass is 740 g/mol. The lowest BCUT2D eigenvalue weighted by atomic mass is 9.47. The third-order valence-corrected chi connectivity index (χ3v) is 15.2. The molecule has 0 bridgehead atoms. The summed E-state index contributed by atoms with van der Waals surface area (Å²) >= 11 is 0. The lowest BCUT2D eigenvalue weighted by Crippen LogP contribution is -2.51. The number of ether oxygens (including phenoxy) is 3. The molecule has 4 aliphatic carbocycles. The van der Waals surface area contributed by atoms with Crippen molar-refractivity contribution >= 4 is 0 Å². The molecule has 3 saturated carbocycles. The van der Waals surface area contributed by atoms with Gasteiger partial charge in [0.15, 0.2) is 0 Å². The van der Waals surface area contributed by atoms with Crippen molar-refractivity contribution in [2.75, 3.05) is 47.1 Å². The normalized spacial score (nSPS) is 31.1. The van der Waals surface area contributed by atoms with Gasteiger partial charge < -0.3 is 19.1 Å². The molecule has 53 heavy (non-hydrogen) atoms. The van der Waals surface area contributed by atoms with Crippen molar-refractivity contribution in [3.8, 4) is 0 Å². The van der Waals surface area contributed by atoms with Crippen LogP contribution in [0.15, 0.2) is 23.8 Å². The third kappa shape index (κ3) is 13.5. The van der Waals surface area contributed by atoms with Gasteiger partial charge in [0.2, 0.25) is 0 Å². The van der Waals surface area contributed by atoms with E-state index in [4.69, 9.17) is 14.2 Å². The molecule has 0 aromatic heterocycles. The lowest BCUT2D eigenvalue weighted by molar-refractivity contribution is -0.0641. The molecule has 0 N–H and O–H groups in total. The van der Waals surface area contributed by atoms with Crippen LogP contribution in [-0.4, -0.2) is 64.2 Å². The van der Waals surface area contributed by atoms with Crippen molar-refractivity contribution in [3.63, 3.8) is 0 Å². The Morgan fingerprint density at radius 2 is 1.45 bits per heavy atom. The van der Waals surface area contributed by atoms with E-state index < -0.39 is 0 Å². The van der Waals surface area contributed by atoms with E-state index in [2.05, 4.69) is 78.8 Å². The summed E-state index contributed by atoms with van der Waals surface area (Å²) in [5, 5.41) is 0. The number of nitrogens with zero attached hydrogens (tertiary/aromatic N) is 1. The van der Waals surface area contributed by atoms with Crippen molar-refractivity contribution in [1.29, 1.82) is 0 Å². The van der Waals surface area contributed by atoms with E-state index in [1.807, 2.05) is 0 Å². The predicted molar refractivity (Wildman–Crippen MR) is 227 cm³/mol. The van der Waals surface area contributed by atoms with Gasteiger partial charge in [-0.05, 0) is 150 Å².